The van der Waals surface area contributed by atoms with Crippen molar-refractivity contribution in [1.82, 2.24) is 0 Å². The minimum atomic E-state index is -1.46. The molecule has 1 saturated carbocycles. The van der Waals surface area contributed by atoms with Crippen LogP contribution in [0.3, 0.4) is 0 Å². The third-order valence-electron chi connectivity index (χ3n) is 11.3. The first-order chi connectivity index (χ1) is 23.7. The van der Waals surface area contributed by atoms with Crippen LogP contribution in [0.5, 0.6) is 5.75 Å². The molecule has 1 aliphatic heterocycles. The maximum Gasteiger partial charge on any atom is 0.238 e. The van der Waals surface area contributed by atoms with Crippen LogP contribution in [0.15, 0.2) is 121 Å². The molecule has 1 N–H and O–H groups in total. The molecule has 0 radical (unpaired) electrons. The molecule has 8 rings (SSSR count). The van der Waals surface area contributed by atoms with Gasteiger partial charge in [0.05, 0.1) is 22.9 Å². The minimum absolute atomic E-state index is 0.162. The van der Waals surface area contributed by atoms with Crippen LogP contribution in [0, 0.1) is 29.5 Å². The van der Waals surface area contributed by atoms with Crippen molar-refractivity contribution in [2.75, 3.05) is 4.90 Å². The van der Waals surface area contributed by atoms with Gasteiger partial charge in [-0.2, -0.15) is 0 Å². The molecule has 2 amide bonds. The summed E-state index contributed by atoms with van der Waals surface area (Å²) in [7, 11) is 0. The number of benzene rings is 4. The van der Waals surface area contributed by atoms with E-state index in [0.29, 0.717) is 28.0 Å². The molecule has 49 heavy (non-hydrogen) atoms. The molecule has 6 nitrogen and oxygen atoms in total. The number of fused-ring (bicyclic) bond motifs is 4. The molecular weight excluding hydrogens is 617 g/mol. The highest BCUT2D eigenvalue weighted by atomic mass is 19.1. The van der Waals surface area contributed by atoms with E-state index in [1.54, 1.807) is 30.3 Å². The fourth-order valence-electron chi connectivity index (χ4n) is 9.09. The average Bonchev–Trinajstić information content (AvgIpc) is 3.39. The highest BCUT2D eigenvalue weighted by Gasteiger charge is 2.66. The molecule has 1 saturated heterocycles. The molecule has 2 fully saturated rings. The summed E-state index contributed by atoms with van der Waals surface area (Å²) in [4.78, 5) is 59.7. The average molecular weight is 652 g/mol. The molecule has 6 atom stereocenters. The van der Waals surface area contributed by atoms with Crippen LogP contribution in [0.25, 0.3) is 5.57 Å². The van der Waals surface area contributed by atoms with Gasteiger partial charge < -0.3 is 5.11 Å². The van der Waals surface area contributed by atoms with Gasteiger partial charge in [-0.15, -0.1) is 0 Å². The summed E-state index contributed by atoms with van der Waals surface area (Å²) >= 11 is 0. The predicted molar refractivity (Wildman–Crippen MR) is 183 cm³/mol. The standard InChI is InChI=1S/C42H34FNO5/c1-2-24-13-16-28(17-14-24)44-40(48)30-19-18-29-32(37(30)41(44)49)22-33-39(47)31(25-9-5-3-6-10-25)23-36(46)42(33,27-11-7-4-8-12-27)38(29)26-15-20-35(45)34(43)21-26/h3-18,20-21,23,30,32-33,37-38,45H,2,19,22H2,1H3. The van der Waals surface area contributed by atoms with Gasteiger partial charge in [-0.25, -0.2) is 4.39 Å². The Labute approximate surface area is 283 Å². The first-order valence-corrected chi connectivity index (χ1v) is 16.8. The number of amides is 2. The van der Waals surface area contributed by atoms with Crippen molar-refractivity contribution in [1.29, 1.82) is 0 Å². The number of hydrogen-bond acceptors (Lipinski definition) is 5. The van der Waals surface area contributed by atoms with Crippen molar-refractivity contribution >= 4 is 34.6 Å². The van der Waals surface area contributed by atoms with Gasteiger partial charge in [0.15, 0.2) is 23.1 Å². The summed E-state index contributed by atoms with van der Waals surface area (Å²) in [6.45, 7) is 2.04. The topological polar surface area (TPSA) is 91.8 Å². The van der Waals surface area contributed by atoms with Gasteiger partial charge in [0.25, 0.3) is 0 Å². The molecule has 6 unspecified atom stereocenters. The summed E-state index contributed by atoms with van der Waals surface area (Å²) in [5.41, 5.74) is 2.82. The van der Waals surface area contributed by atoms with Gasteiger partial charge >= 0.3 is 0 Å². The zero-order valence-electron chi connectivity index (χ0n) is 26.9. The zero-order valence-corrected chi connectivity index (χ0v) is 26.9. The lowest BCUT2D eigenvalue weighted by molar-refractivity contribution is -0.135. The highest BCUT2D eigenvalue weighted by molar-refractivity contribution is 6.32. The van der Waals surface area contributed by atoms with Gasteiger partial charge in [-0.05, 0) is 77.8 Å². The van der Waals surface area contributed by atoms with E-state index in [9.17, 15) is 24.3 Å². The summed E-state index contributed by atoms with van der Waals surface area (Å²) in [6.07, 6.45) is 4.63. The van der Waals surface area contributed by atoms with Crippen LogP contribution in [0.4, 0.5) is 10.1 Å². The zero-order chi connectivity index (χ0) is 34.0. The van der Waals surface area contributed by atoms with Crippen molar-refractivity contribution in [3.63, 3.8) is 0 Å². The second kappa shape index (κ2) is 11.6. The Morgan fingerprint density at radius 2 is 1.53 bits per heavy atom. The van der Waals surface area contributed by atoms with E-state index in [1.165, 1.54) is 23.1 Å². The van der Waals surface area contributed by atoms with Crippen LogP contribution in [-0.2, 0) is 31.0 Å². The van der Waals surface area contributed by atoms with Gasteiger partial charge in [-0.1, -0.05) is 97.4 Å². The molecular formula is C42H34FNO5. The second-order valence-corrected chi connectivity index (χ2v) is 13.5. The Kier molecular flexibility index (Phi) is 7.32. The summed E-state index contributed by atoms with van der Waals surface area (Å²) in [5, 5.41) is 10.2. The molecule has 244 valence electrons. The Morgan fingerprint density at radius 1 is 0.837 bits per heavy atom. The number of carbonyl (C=O) groups is 4. The third kappa shape index (κ3) is 4.52. The maximum atomic E-state index is 15.2. The number of ketones is 2. The predicted octanol–water partition coefficient (Wildman–Crippen LogP) is 7.12. The van der Waals surface area contributed by atoms with E-state index >= 15 is 4.39 Å². The number of phenols is 1. The van der Waals surface area contributed by atoms with Crippen molar-refractivity contribution in [2.24, 2.45) is 23.7 Å². The smallest absolute Gasteiger partial charge is 0.238 e. The monoisotopic (exact) mass is 651 g/mol. The number of aromatic hydroxyl groups is 1. The summed E-state index contributed by atoms with van der Waals surface area (Å²) in [6, 6.07) is 29.7. The fraction of sp³-hybridized carbons (Fsp3) is 0.238. The number of phenolic OH excluding ortho intramolecular Hbond substituents is 1. The number of carbonyl (C=O) groups excluding carboxylic acids is 4. The molecule has 4 aliphatic rings. The Balaban J connectivity index is 1.34. The Bertz CT molecular complexity index is 2090. The maximum absolute atomic E-state index is 15.2. The molecule has 0 bridgehead atoms. The van der Waals surface area contributed by atoms with E-state index in [-0.39, 0.29) is 36.2 Å². The first-order valence-electron chi connectivity index (χ1n) is 16.8. The van der Waals surface area contributed by atoms with Crippen LogP contribution >= 0.6 is 0 Å². The number of allylic oxidation sites excluding steroid dienone is 4. The lowest BCUT2D eigenvalue weighted by atomic mass is 9.44. The number of nitrogens with zero attached hydrogens (tertiary/aromatic N) is 1. The van der Waals surface area contributed by atoms with Crippen LogP contribution < -0.4 is 4.90 Å². The van der Waals surface area contributed by atoms with Crippen molar-refractivity contribution in [3.05, 3.63) is 149 Å². The minimum Gasteiger partial charge on any atom is -0.505 e. The number of hydrogen-bond donors (Lipinski definition) is 1. The number of anilines is 1. The molecule has 4 aromatic carbocycles. The third-order valence-corrected chi connectivity index (χ3v) is 11.3. The lowest BCUT2D eigenvalue weighted by Crippen LogP contribution is -2.58. The van der Waals surface area contributed by atoms with E-state index in [2.05, 4.69) is 0 Å². The Morgan fingerprint density at radius 3 is 2.20 bits per heavy atom. The van der Waals surface area contributed by atoms with Crippen molar-refractivity contribution in [3.8, 4) is 5.75 Å². The van der Waals surface area contributed by atoms with Gasteiger partial charge in [-0.3, -0.25) is 24.1 Å². The van der Waals surface area contributed by atoms with E-state index < -0.39 is 46.6 Å². The molecule has 4 aromatic rings. The summed E-state index contributed by atoms with van der Waals surface area (Å²) < 4.78 is 15.2. The number of aryl methyl sites for hydroxylation is 1. The Hall–Kier alpha value is -5.43. The second-order valence-electron chi connectivity index (χ2n) is 13.5. The van der Waals surface area contributed by atoms with Crippen molar-refractivity contribution < 1.29 is 28.7 Å². The van der Waals surface area contributed by atoms with Crippen LogP contribution in [0.2, 0.25) is 0 Å². The number of imide groups is 1. The van der Waals surface area contributed by atoms with Gasteiger partial charge in [0.2, 0.25) is 11.8 Å². The van der Waals surface area contributed by atoms with E-state index in [1.807, 2.05) is 73.7 Å². The highest BCUT2D eigenvalue weighted by Crippen LogP contribution is 2.63. The molecule has 0 aromatic heterocycles. The van der Waals surface area contributed by atoms with Gasteiger partial charge in [0.1, 0.15) is 0 Å². The van der Waals surface area contributed by atoms with Crippen LogP contribution in [-0.4, -0.2) is 28.5 Å². The lowest BCUT2D eigenvalue weighted by Gasteiger charge is -2.55. The molecule has 1 heterocycles. The first kappa shape index (κ1) is 30.9. The molecule has 0 spiro atoms. The number of rotatable bonds is 5. The summed E-state index contributed by atoms with van der Waals surface area (Å²) in [5.74, 6) is -6.23. The quantitative estimate of drug-likeness (QED) is 0.183. The van der Waals surface area contributed by atoms with Gasteiger partial charge in [0, 0.05) is 17.4 Å². The van der Waals surface area contributed by atoms with E-state index in [4.69, 9.17) is 0 Å². The molecule has 3 aliphatic carbocycles. The van der Waals surface area contributed by atoms with Crippen LogP contribution in [0.1, 0.15) is 47.9 Å². The van der Waals surface area contributed by atoms with Crippen molar-refractivity contribution in [2.45, 2.75) is 37.5 Å². The largest absolute Gasteiger partial charge is 0.505 e. The normalized spacial score (nSPS) is 27.6. The van der Waals surface area contributed by atoms with E-state index in [0.717, 1.165) is 17.6 Å². The fourth-order valence-corrected chi connectivity index (χ4v) is 9.09. The molecule has 7 heteroatoms. The number of Topliss-reactive ketones (excluding diaryl/α,β-unsaturated/α-hetero) is 1. The SMILES string of the molecule is CCc1ccc(N2C(=O)C3CC=C4C(CC5C(=O)C(c6ccccc6)=CC(=O)C5(c5ccccc5)C4c4ccc(O)c(F)c4)C3C2=O)cc1. The number of halogens is 1.